The van der Waals surface area contributed by atoms with Gasteiger partial charge in [0.15, 0.2) is 0 Å². The lowest BCUT2D eigenvalue weighted by Crippen LogP contribution is -2.20. The van der Waals surface area contributed by atoms with Gasteiger partial charge in [0.1, 0.15) is 6.29 Å². The van der Waals surface area contributed by atoms with Crippen LogP contribution in [0.3, 0.4) is 0 Å². The zero-order valence-corrected chi connectivity index (χ0v) is 8.99. The van der Waals surface area contributed by atoms with Crippen molar-refractivity contribution in [1.82, 2.24) is 0 Å². The van der Waals surface area contributed by atoms with Crippen LogP contribution in [-0.4, -0.2) is 10.6 Å². The van der Waals surface area contributed by atoms with E-state index in [1.54, 1.807) is 0 Å². The third kappa shape index (κ3) is 4.57. The molecule has 0 rings (SSSR count). The molecule has 0 aromatic rings. The zero-order chi connectivity index (χ0) is 8.74. The molecule has 0 amide bonds. The Bertz CT molecular complexity index is 114. The fourth-order valence-corrected chi connectivity index (χ4v) is 1.27. The molecule has 0 bridgehead atoms. The first kappa shape index (κ1) is 11.2. The van der Waals surface area contributed by atoms with E-state index in [9.17, 15) is 4.79 Å². The van der Waals surface area contributed by atoms with Gasteiger partial charge in [-0.15, -0.1) is 0 Å². The van der Waals surface area contributed by atoms with E-state index in [0.29, 0.717) is 0 Å². The van der Waals surface area contributed by atoms with Crippen LogP contribution in [0, 0.1) is 0 Å². The van der Waals surface area contributed by atoms with Crippen molar-refractivity contribution in [2.24, 2.45) is 0 Å². The molecule has 0 aliphatic heterocycles. The minimum Gasteiger partial charge on any atom is -0.302 e. The normalized spacial score (nSPS) is 15.9. The standard InChI is InChI=1S/C9H17BrO/c1-3-5-6-7-9(10,4-2)8-11/h8H,3-7H2,1-2H3. The van der Waals surface area contributed by atoms with Gasteiger partial charge >= 0.3 is 0 Å². The average Bonchev–Trinajstić information content (AvgIpc) is 2.05. The van der Waals surface area contributed by atoms with Gasteiger partial charge in [0.05, 0.1) is 4.32 Å². The van der Waals surface area contributed by atoms with Crippen molar-refractivity contribution in [3.05, 3.63) is 0 Å². The highest BCUT2D eigenvalue weighted by molar-refractivity contribution is 9.10. The first-order valence-corrected chi connectivity index (χ1v) is 5.13. The minimum absolute atomic E-state index is 0.234. The van der Waals surface area contributed by atoms with Crippen LogP contribution in [0.25, 0.3) is 0 Å². The van der Waals surface area contributed by atoms with Crippen LogP contribution < -0.4 is 0 Å². The van der Waals surface area contributed by atoms with Crippen molar-refractivity contribution in [1.29, 1.82) is 0 Å². The summed E-state index contributed by atoms with van der Waals surface area (Å²) in [5.41, 5.74) is 0. The van der Waals surface area contributed by atoms with E-state index >= 15 is 0 Å². The fourth-order valence-electron chi connectivity index (χ4n) is 0.988. The summed E-state index contributed by atoms with van der Waals surface area (Å²) in [5.74, 6) is 0. The topological polar surface area (TPSA) is 17.1 Å². The summed E-state index contributed by atoms with van der Waals surface area (Å²) >= 11 is 3.45. The summed E-state index contributed by atoms with van der Waals surface area (Å²) in [5, 5.41) is 0. The predicted octanol–water partition coefficient (Wildman–Crippen LogP) is 3.31. The lowest BCUT2D eigenvalue weighted by atomic mass is 10.0. The molecule has 0 heterocycles. The second-order valence-corrected chi connectivity index (χ2v) is 4.54. The molecule has 0 fully saturated rings. The molecule has 1 nitrogen and oxygen atoms in total. The maximum atomic E-state index is 10.6. The van der Waals surface area contributed by atoms with E-state index in [1.807, 2.05) is 6.92 Å². The van der Waals surface area contributed by atoms with Crippen LogP contribution in [-0.2, 0) is 4.79 Å². The van der Waals surface area contributed by atoms with Gasteiger partial charge in [-0.3, -0.25) is 0 Å². The molecule has 1 atom stereocenters. The molecule has 0 saturated heterocycles. The third-order valence-electron chi connectivity index (χ3n) is 1.99. The molecule has 0 saturated carbocycles. The lowest BCUT2D eigenvalue weighted by molar-refractivity contribution is -0.109. The van der Waals surface area contributed by atoms with Crippen molar-refractivity contribution in [2.75, 3.05) is 0 Å². The number of hydrogen-bond acceptors (Lipinski definition) is 1. The summed E-state index contributed by atoms with van der Waals surface area (Å²) < 4.78 is -0.234. The highest BCUT2D eigenvalue weighted by Gasteiger charge is 2.22. The number of hydrogen-bond donors (Lipinski definition) is 0. The Morgan fingerprint density at radius 3 is 2.36 bits per heavy atom. The van der Waals surface area contributed by atoms with Gasteiger partial charge in [-0.05, 0) is 12.8 Å². The largest absolute Gasteiger partial charge is 0.302 e. The maximum absolute atomic E-state index is 10.6. The number of unbranched alkanes of at least 4 members (excludes halogenated alkanes) is 2. The molecule has 0 aliphatic rings. The summed E-state index contributed by atoms with van der Waals surface area (Å²) in [6.45, 7) is 4.21. The van der Waals surface area contributed by atoms with Crippen LogP contribution in [0.2, 0.25) is 0 Å². The van der Waals surface area contributed by atoms with Gasteiger partial charge in [-0.1, -0.05) is 49.0 Å². The number of halogens is 1. The summed E-state index contributed by atoms with van der Waals surface area (Å²) in [6, 6.07) is 0. The quantitative estimate of drug-likeness (QED) is 0.382. The van der Waals surface area contributed by atoms with E-state index in [1.165, 1.54) is 12.8 Å². The Kier molecular flexibility index (Phi) is 5.83. The molecule has 66 valence electrons. The second kappa shape index (κ2) is 5.76. The van der Waals surface area contributed by atoms with Crippen LogP contribution in [0.5, 0.6) is 0 Å². The van der Waals surface area contributed by atoms with Crippen molar-refractivity contribution in [2.45, 2.75) is 50.3 Å². The van der Waals surface area contributed by atoms with Gasteiger partial charge in [0.25, 0.3) is 0 Å². The molecule has 0 aromatic carbocycles. The molecule has 0 spiro atoms. The Balaban J connectivity index is 3.60. The van der Waals surface area contributed by atoms with E-state index in [2.05, 4.69) is 22.9 Å². The second-order valence-electron chi connectivity index (χ2n) is 2.96. The Morgan fingerprint density at radius 1 is 1.36 bits per heavy atom. The fraction of sp³-hybridized carbons (Fsp3) is 0.889. The Labute approximate surface area is 77.7 Å². The summed E-state index contributed by atoms with van der Waals surface area (Å²) in [4.78, 5) is 10.6. The van der Waals surface area contributed by atoms with Gasteiger partial charge in [-0.25, -0.2) is 0 Å². The summed E-state index contributed by atoms with van der Waals surface area (Å²) in [6.07, 6.45) is 6.48. The smallest absolute Gasteiger partial charge is 0.136 e. The van der Waals surface area contributed by atoms with Crippen molar-refractivity contribution in [3.63, 3.8) is 0 Å². The van der Waals surface area contributed by atoms with Crippen molar-refractivity contribution in [3.8, 4) is 0 Å². The third-order valence-corrected chi connectivity index (χ3v) is 3.14. The molecule has 1 unspecified atom stereocenters. The van der Waals surface area contributed by atoms with Gasteiger partial charge in [-0.2, -0.15) is 0 Å². The SMILES string of the molecule is CCCCCC(Br)(C=O)CC. The van der Waals surface area contributed by atoms with Crippen molar-refractivity contribution >= 4 is 22.2 Å². The number of alkyl halides is 1. The van der Waals surface area contributed by atoms with Crippen LogP contribution in [0.15, 0.2) is 0 Å². The van der Waals surface area contributed by atoms with Crippen LogP contribution in [0.1, 0.15) is 46.0 Å². The van der Waals surface area contributed by atoms with Gasteiger partial charge < -0.3 is 4.79 Å². The van der Waals surface area contributed by atoms with Gasteiger partial charge in [0.2, 0.25) is 0 Å². The zero-order valence-electron chi connectivity index (χ0n) is 7.40. The molecule has 0 aliphatic carbocycles. The number of rotatable bonds is 6. The van der Waals surface area contributed by atoms with Crippen LogP contribution in [0.4, 0.5) is 0 Å². The molecule has 0 radical (unpaired) electrons. The summed E-state index contributed by atoms with van der Waals surface area (Å²) in [7, 11) is 0. The lowest BCUT2D eigenvalue weighted by Gasteiger charge is -2.17. The highest BCUT2D eigenvalue weighted by atomic mass is 79.9. The Morgan fingerprint density at radius 2 is 2.00 bits per heavy atom. The average molecular weight is 221 g/mol. The molecule has 0 aromatic heterocycles. The number of carbonyl (C=O) groups excluding carboxylic acids is 1. The van der Waals surface area contributed by atoms with Gasteiger partial charge in [0, 0.05) is 0 Å². The Hall–Kier alpha value is 0.150. The number of aldehydes is 1. The van der Waals surface area contributed by atoms with E-state index in [0.717, 1.165) is 25.5 Å². The van der Waals surface area contributed by atoms with E-state index in [4.69, 9.17) is 0 Å². The monoisotopic (exact) mass is 220 g/mol. The van der Waals surface area contributed by atoms with E-state index < -0.39 is 0 Å². The molecular formula is C9H17BrO. The van der Waals surface area contributed by atoms with E-state index in [-0.39, 0.29) is 4.32 Å². The molecular weight excluding hydrogens is 204 g/mol. The highest BCUT2D eigenvalue weighted by Crippen LogP contribution is 2.26. The number of carbonyl (C=O) groups is 1. The predicted molar refractivity (Wildman–Crippen MR) is 52.2 cm³/mol. The molecule has 2 heteroatoms. The minimum atomic E-state index is -0.234. The molecule has 11 heavy (non-hydrogen) atoms. The first-order valence-electron chi connectivity index (χ1n) is 4.33. The first-order chi connectivity index (χ1) is 5.18. The van der Waals surface area contributed by atoms with Crippen LogP contribution >= 0.6 is 15.9 Å². The molecule has 0 N–H and O–H groups in total. The maximum Gasteiger partial charge on any atom is 0.136 e. The van der Waals surface area contributed by atoms with Crippen molar-refractivity contribution < 1.29 is 4.79 Å².